The summed E-state index contributed by atoms with van der Waals surface area (Å²) < 4.78 is 5.22. The lowest BCUT2D eigenvalue weighted by molar-refractivity contribution is -0.124. The average molecular weight is 316 g/mol. The molecule has 126 valence electrons. The van der Waals surface area contributed by atoms with Gasteiger partial charge in [0.15, 0.2) is 0 Å². The van der Waals surface area contributed by atoms with Gasteiger partial charge in [-0.3, -0.25) is 9.69 Å². The lowest BCUT2D eigenvalue weighted by atomic mass is 10.0. The van der Waals surface area contributed by atoms with E-state index in [0.717, 1.165) is 12.3 Å². The quantitative estimate of drug-likeness (QED) is 0.876. The van der Waals surface area contributed by atoms with Crippen LogP contribution in [0.15, 0.2) is 24.3 Å². The molecule has 1 aliphatic heterocycles. The van der Waals surface area contributed by atoms with Crippen molar-refractivity contribution in [3.8, 4) is 5.75 Å². The number of methoxy groups -OCH3 is 1. The first-order chi connectivity index (χ1) is 11.2. The molecule has 2 fully saturated rings. The van der Waals surface area contributed by atoms with Gasteiger partial charge in [0.25, 0.3) is 0 Å². The van der Waals surface area contributed by atoms with Crippen LogP contribution in [0.3, 0.4) is 0 Å². The number of hydrogen-bond donors (Lipinski definition) is 1. The molecule has 4 heteroatoms. The van der Waals surface area contributed by atoms with Gasteiger partial charge in [-0.1, -0.05) is 18.6 Å². The van der Waals surface area contributed by atoms with E-state index in [-0.39, 0.29) is 11.9 Å². The summed E-state index contributed by atoms with van der Waals surface area (Å²) in [5, 5.41) is 3.28. The number of nitrogens with one attached hydrogen (secondary N) is 1. The highest BCUT2D eigenvalue weighted by Gasteiger charge is 2.34. The van der Waals surface area contributed by atoms with Gasteiger partial charge >= 0.3 is 0 Å². The number of piperidine rings is 1. The molecule has 1 amide bonds. The molecule has 0 bridgehead atoms. The van der Waals surface area contributed by atoms with Crippen molar-refractivity contribution in [2.45, 2.75) is 51.1 Å². The first-order valence-corrected chi connectivity index (χ1v) is 8.84. The summed E-state index contributed by atoms with van der Waals surface area (Å²) in [5.41, 5.74) is 1.19. The van der Waals surface area contributed by atoms with Gasteiger partial charge in [0.05, 0.1) is 19.7 Å². The fourth-order valence-corrected chi connectivity index (χ4v) is 3.51. The minimum absolute atomic E-state index is 0.147. The second kappa shape index (κ2) is 7.35. The van der Waals surface area contributed by atoms with Gasteiger partial charge in [-0.2, -0.15) is 0 Å². The van der Waals surface area contributed by atoms with Crippen molar-refractivity contribution in [2.75, 3.05) is 20.2 Å². The van der Waals surface area contributed by atoms with Crippen LogP contribution in [0.1, 0.15) is 50.6 Å². The van der Waals surface area contributed by atoms with Gasteiger partial charge in [0.1, 0.15) is 5.75 Å². The van der Waals surface area contributed by atoms with E-state index in [2.05, 4.69) is 29.3 Å². The van der Waals surface area contributed by atoms with Crippen LogP contribution in [0.5, 0.6) is 5.75 Å². The molecule has 1 heterocycles. The molecule has 4 nitrogen and oxygen atoms in total. The Balaban J connectivity index is 1.61. The Morgan fingerprint density at radius 1 is 1.26 bits per heavy atom. The normalized spacial score (nSPS) is 23.3. The Morgan fingerprint density at radius 3 is 2.61 bits per heavy atom. The highest BCUT2D eigenvalue weighted by molar-refractivity contribution is 5.78. The Morgan fingerprint density at radius 2 is 2.00 bits per heavy atom. The van der Waals surface area contributed by atoms with E-state index in [9.17, 15) is 4.79 Å². The van der Waals surface area contributed by atoms with Crippen LogP contribution in [0.4, 0.5) is 0 Å². The molecule has 1 aromatic rings. The Labute approximate surface area is 139 Å². The summed E-state index contributed by atoms with van der Waals surface area (Å²) in [6.07, 6.45) is 6.12. The minimum Gasteiger partial charge on any atom is -0.497 e. The molecule has 1 aromatic carbocycles. The van der Waals surface area contributed by atoms with E-state index >= 15 is 0 Å². The minimum atomic E-state index is 0.147. The zero-order valence-corrected chi connectivity index (χ0v) is 14.3. The van der Waals surface area contributed by atoms with Crippen molar-refractivity contribution in [2.24, 2.45) is 5.92 Å². The highest BCUT2D eigenvalue weighted by atomic mass is 16.5. The average Bonchev–Trinajstić information content (AvgIpc) is 3.40. The van der Waals surface area contributed by atoms with Crippen molar-refractivity contribution in [3.05, 3.63) is 29.8 Å². The summed E-state index contributed by atoms with van der Waals surface area (Å²) >= 11 is 0. The van der Waals surface area contributed by atoms with Crippen molar-refractivity contribution in [3.63, 3.8) is 0 Å². The number of nitrogens with zero attached hydrogens (tertiary/aromatic N) is 1. The van der Waals surface area contributed by atoms with Crippen LogP contribution in [-0.2, 0) is 4.79 Å². The number of hydrogen-bond acceptors (Lipinski definition) is 3. The van der Waals surface area contributed by atoms with Gasteiger partial charge < -0.3 is 10.1 Å². The maximum Gasteiger partial charge on any atom is 0.234 e. The van der Waals surface area contributed by atoms with E-state index < -0.39 is 0 Å². The van der Waals surface area contributed by atoms with Crippen LogP contribution in [0.25, 0.3) is 0 Å². The van der Waals surface area contributed by atoms with Crippen LogP contribution in [-0.4, -0.2) is 37.0 Å². The third-order valence-electron chi connectivity index (χ3n) is 5.17. The summed E-state index contributed by atoms with van der Waals surface area (Å²) in [6, 6.07) is 8.77. The third kappa shape index (κ3) is 4.25. The van der Waals surface area contributed by atoms with Gasteiger partial charge in [-0.15, -0.1) is 0 Å². The molecule has 0 radical (unpaired) electrons. The van der Waals surface area contributed by atoms with E-state index in [1.54, 1.807) is 7.11 Å². The molecule has 2 unspecified atom stereocenters. The van der Waals surface area contributed by atoms with Crippen LogP contribution in [0, 0.1) is 5.92 Å². The topological polar surface area (TPSA) is 41.6 Å². The first kappa shape index (κ1) is 16.3. The molecule has 2 aliphatic rings. The lowest BCUT2D eigenvalue weighted by Gasteiger charge is -2.33. The molecule has 2 atom stereocenters. The smallest absolute Gasteiger partial charge is 0.234 e. The van der Waals surface area contributed by atoms with E-state index in [1.807, 2.05) is 12.1 Å². The van der Waals surface area contributed by atoms with E-state index in [0.29, 0.717) is 18.5 Å². The SMILES string of the molecule is COc1ccc(C(NC(=O)CN2CCCCC2C)C2CC2)cc1. The number of ether oxygens (including phenoxy) is 1. The maximum absolute atomic E-state index is 12.5. The molecule has 0 spiro atoms. The largest absolute Gasteiger partial charge is 0.497 e. The van der Waals surface area contributed by atoms with E-state index in [1.165, 1.54) is 37.7 Å². The summed E-state index contributed by atoms with van der Waals surface area (Å²) in [7, 11) is 1.68. The standard InChI is InChI=1S/C19H28N2O2/c1-14-5-3-4-12-21(14)13-18(22)20-19(15-6-7-15)16-8-10-17(23-2)11-9-16/h8-11,14-15,19H,3-7,12-13H2,1-2H3,(H,20,22). The number of amides is 1. The fourth-order valence-electron chi connectivity index (χ4n) is 3.51. The van der Waals surface area contributed by atoms with Crippen molar-refractivity contribution >= 4 is 5.91 Å². The number of rotatable bonds is 6. The molecule has 1 saturated heterocycles. The molecule has 1 aliphatic carbocycles. The fraction of sp³-hybridized carbons (Fsp3) is 0.632. The zero-order chi connectivity index (χ0) is 16.2. The predicted molar refractivity (Wildman–Crippen MR) is 91.5 cm³/mol. The zero-order valence-electron chi connectivity index (χ0n) is 14.3. The second-order valence-electron chi connectivity index (χ2n) is 6.97. The number of likely N-dealkylation sites (tertiary alicyclic amines) is 1. The molecule has 1 N–H and O–H groups in total. The van der Waals surface area contributed by atoms with Gasteiger partial charge in [-0.25, -0.2) is 0 Å². The molecule has 1 saturated carbocycles. The van der Waals surface area contributed by atoms with Crippen LogP contribution >= 0.6 is 0 Å². The molecule has 0 aromatic heterocycles. The number of benzene rings is 1. The third-order valence-corrected chi connectivity index (χ3v) is 5.17. The molecular formula is C19H28N2O2. The lowest BCUT2D eigenvalue weighted by Crippen LogP contribution is -2.45. The Bertz CT molecular complexity index is 525. The summed E-state index contributed by atoms with van der Waals surface area (Å²) in [6.45, 7) is 3.81. The summed E-state index contributed by atoms with van der Waals surface area (Å²) in [5.74, 6) is 1.61. The molecule has 23 heavy (non-hydrogen) atoms. The monoisotopic (exact) mass is 316 g/mol. The summed E-state index contributed by atoms with van der Waals surface area (Å²) in [4.78, 5) is 14.8. The van der Waals surface area contributed by atoms with Crippen molar-refractivity contribution in [1.82, 2.24) is 10.2 Å². The van der Waals surface area contributed by atoms with Crippen molar-refractivity contribution in [1.29, 1.82) is 0 Å². The maximum atomic E-state index is 12.5. The van der Waals surface area contributed by atoms with E-state index in [4.69, 9.17) is 4.74 Å². The Kier molecular flexibility index (Phi) is 5.21. The second-order valence-corrected chi connectivity index (χ2v) is 6.97. The van der Waals surface area contributed by atoms with Gasteiger partial charge in [-0.05, 0) is 62.8 Å². The predicted octanol–water partition coefficient (Wildman–Crippen LogP) is 3.14. The number of carbonyl (C=O) groups is 1. The van der Waals surface area contributed by atoms with Gasteiger partial charge in [0, 0.05) is 6.04 Å². The molecule has 3 rings (SSSR count). The number of carbonyl (C=O) groups excluding carboxylic acids is 1. The highest BCUT2D eigenvalue weighted by Crippen LogP contribution is 2.41. The van der Waals surface area contributed by atoms with Crippen LogP contribution < -0.4 is 10.1 Å². The first-order valence-electron chi connectivity index (χ1n) is 8.84. The molecular weight excluding hydrogens is 288 g/mol. The van der Waals surface area contributed by atoms with Crippen LogP contribution in [0.2, 0.25) is 0 Å². The van der Waals surface area contributed by atoms with Crippen molar-refractivity contribution < 1.29 is 9.53 Å². The van der Waals surface area contributed by atoms with Gasteiger partial charge in [0.2, 0.25) is 5.91 Å². The Hall–Kier alpha value is -1.55.